The Kier molecular flexibility index (Phi) is 3.12. The molecule has 0 aliphatic rings. The van der Waals surface area contributed by atoms with E-state index in [2.05, 4.69) is 41.4 Å². The molecular weight excluding hydrogens is 282 g/mol. The third kappa shape index (κ3) is 2.36. The summed E-state index contributed by atoms with van der Waals surface area (Å²) in [4.78, 5) is 4.66. The van der Waals surface area contributed by atoms with Gasteiger partial charge in [-0.1, -0.05) is 60.7 Å². The summed E-state index contributed by atoms with van der Waals surface area (Å²) < 4.78 is 1.94. The first-order chi connectivity index (χ1) is 11.2. The predicted molar refractivity (Wildman–Crippen MR) is 95.2 cm³/mol. The van der Waals surface area contributed by atoms with Crippen LogP contribution < -0.4 is 5.73 Å². The molecule has 0 bridgehead atoms. The van der Waals surface area contributed by atoms with Crippen molar-refractivity contribution in [1.29, 1.82) is 0 Å². The summed E-state index contributed by atoms with van der Waals surface area (Å²) in [5.41, 5.74) is 12.6. The van der Waals surface area contributed by atoms with Crippen LogP contribution in [0.15, 0.2) is 72.9 Å². The van der Waals surface area contributed by atoms with Gasteiger partial charge in [-0.2, -0.15) is 0 Å². The Bertz CT molecular complexity index is 967. The van der Waals surface area contributed by atoms with Gasteiger partial charge in [0.15, 0.2) is 0 Å². The summed E-state index contributed by atoms with van der Waals surface area (Å²) in [7, 11) is 0. The monoisotopic (exact) mass is 299 g/mol. The lowest BCUT2D eigenvalue weighted by atomic mass is 10.0. The summed E-state index contributed by atoms with van der Waals surface area (Å²) >= 11 is 0. The van der Waals surface area contributed by atoms with E-state index in [1.807, 2.05) is 47.9 Å². The first-order valence-corrected chi connectivity index (χ1v) is 7.62. The summed E-state index contributed by atoms with van der Waals surface area (Å²) in [6.07, 6.45) is 2.01. The van der Waals surface area contributed by atoms with Gasteiger partial charge >= 0.3 is 0 Å². The number of pyridine rings is 1. The molecule has 0 unspecified atom stereocenters. The van der Waals surface area contributed by atoms with Crippen molar-refractivity contribution in [2.45, 2.75) is 6.92 Å². The number of hydrogen-bond donors (Lipinski definition) is 1. The Balaban J connectivity index is 1.78. The minimum atomic E-state index is 0.677. The minimum absolute atomic E-state index is 0.677. The van der Waals surface area contributed by atoms with E-state index in [-0.39, 0.29) is 0 Å². The van der Waals surface area contributed by atoms with Gasteiger partial charge in [0, 0.05) is 11.8 Å². The van der Waals surface area contributed by atoms with Crippen LogP contribution in [-0.2, 0) is 0 Å². The quantitative estimate of drug-likeness (QED) is 0.589. The van der Waals surface area contributed by atoms with Crippen LogP contribution in [0.3, 0.4) is 0 Å². The molecule has 0 saturated heterocycles. The maximum Gasteiger partial charge on any atom is 0.139 e. The van der Waals surface area contributed by atoms with Gasteiger partial charge < -0.3 is 5.73 Å². The Labute approximate surface area is 135 Å². The van der Waals surface area contributed by atoms with Crippen molar-refractivity contribution in [2.75, 3.05) is 5.73 Å². The number of hydrogen-bond acceptors (Lipinski definition) is 2. The molecule has 0 saturated carbocycles. The zero-order valence-electron chi connectivity index (χ0n) is 12.9. The fraction of sp³-hybridized carbons (Fsp3) is 0.0500. The Morgan fingerprint density at radius 3 is 2.17 bits per heavy atom. The van der Waals surface area contributed by atoms with Crippen molar-refractivity contribution >= 4 is 11.5 Å². The van der Waals surface area contributed by atoms with E-state index in [1.54, 1.807) is 0 Å². The van der Waals surface area contributed by atoms with Gasteiger partial charge in [-0.15, -0.1) is 0 Å². The number of imidazole rings is 1. The van der Waals surface area contributed by atoms with Crippen LogP contribution in [0.1, 0.15) is 5.56 Å². The molecule has 0 aliphatic carbocycles. The first-order valence-electron chi connectivity index (χ1n) is 7.62. The van der Waals surface area contributed by atoms with Gasteiger partial charge in [-0.25, -0.2) is 4.98 Å². The highest BCUT2D eigenvalue weighted by molar-refractivity contribution is 5.77. The molecule has 2 heterocycles. The standard InChI is InChI=1S/C20H17N3/c1-14-7-12-18-22-19(20(21)23(18)13-14)17-10-8-16(9-11-17)15-5-3-2-4-6-15/h2-13H,21H2,1H3. The topological polar surface area (TPSA) is 43.3 Å². The SMILES string of the molecule is Cc1ccc2nc(-c3ccc(-c4ccccc4)cc3)c(N)n2c1. The molecule has 0 spiro atoms. The number of aromatic nitrogens is 2. The van der Waals surface area contributed by atoms with Crippen molar-refractivity contribution in [3.05, 3.63) is 78.5 Å². The maximum absolute atomic E-state index is 6.29. The third-order valence-corrected chi connectivity index (χ3v) is 4.07. The lowest BCUT2D eigenvalue weighted by Gasteiger charge is -2.04. The normalized spacial score (nSPS) is 11.0. The van der Waals surface area contributed by atoms with Gasteiger partial charge in [0.2, 0.25) is 0 Å². The van der Waals surface area contributed by atoms with Crippen LogP contribution in [0.2, 0.25) is 0 Å². The van der Waals surface area contributed by atoms with Crippen LogP contribution >= 0.6 is 0 Å². The van der Waals surface area contributed by atoms with Crippen molar-refractivity contribution in [3.63, 3.8) is 0 Å². The number of nitrogens with two attached hydrogens (primary N) is 1. The first kappa shape index (κ1) is 13.6. The number of fused-ring (bicyclic) bond motifs is 1. The van der Waals surface area contributed by atoms with E-state index in [0.717, 1.165) is 22.5 Å². The molecule has 0 radical (unpaired) electrons. The van der Waals surface area contributed by atoms with E-state index in [4.69, 9.17) is 5.73 Å². The fourth-order valence-corrected chi connectivity index (χ4v) is 2.83. The molecule has 0 aliphatic heterocycles. The van der Waals surface area contributed by atoms with Gasteiger partial charge in [-0.3, -0.25) is 4.40 Å². The van der Waals surface area contributed by atoms with E-state index in [0.29, 0.717) is 5.82 Å². The molecule has 3 nitrogen and oxygen atoms in total. The molecule has 0 fully saturated rings. The molecule has 0 atom stereocenters. The van der Waals surface area contributed by atoms with Crippen molar-refractivity contribution in [2.24, 2.45) is 0 Å². The predicted octanol–water partition coefficient (Wildman–Crippen LogP) is 4.56. The van der Waals surface area contributed by atoms with Crippen LogP contribution in [0.4, 0.5) is 5.82 Å². The number of rotatable bonds is 2. The summed E-state index contributed by atoms with van der Waals surface area (Å²) in [5.74, 6) is 0.677. The summed E-state index contributed by atoms with van der Waals surface area (Å²) in [6.45, 7) is 2.05. The molecule has 23 heavy (non-hydrogen) atoms. The van der Waals surface area contributed by atoms with Crippen LogP contribution in [0.5, 0.6) is 0 Å². The average molecular weight is 299 g/mol. The third-order valence-electron chi connectivity index (χ3n) is 4.07. The van der Waals surface area contributed by atoms with E-state index < -0.39 is 0 Å². The van der Waals surface area contributed by atoms with E-state index >= 15 is 0 Å². The number of nitrogens with zero attached hydrogens (tertiary/aromatic N) is 2. The largest absolute Gasteiger partial charge is 0.383 e. The molecule has 4 rings (SSSR count). The number of anilines is 1. The average Bonchev–Trinajstić information content (AvgIpc) is 2.92. The molecule has 2 aromatic heterocycles. The minimum Gasteiger partial charge on any atom is -0.383 e. The maximum atomic E-state index is 6.29. The van der Waals surface area contributed by atoms with Gasteiger partial charge in [-0.05, 0) is 29.7 Å². The summed E-state index contributed by atoms with van der Waals surface area (Å²) in [5, 5.41) is 0. The Hall–Kier alpha value is -3.07. The van der Waals surface area contributed by atoms with Crippen LogP contribution in [-0.4, -0.2) is 9.38 Å². The van der Waals surface area contributed by atoms with Gasteiger partial charge in [0.1, 0.15) is 17.2 Å². The molecular formula is C20H17N3. The number of aryl methyl sites for hydroxylation is 1. The Morgan fingerprint density at radius 2 is 1.43 bits per heavy atom. The number of benzene rings is 2. The second-order valence-corrected chi connectivity index (χ2v) is 5.72. The van der Waals surface area contributed by atoms with E-state index in [9.17, 15) is 0 Å². The number of nitrogen functional groups attached to an aromatic ring is 1. The highest BCUT2D eigenvalue weighted by Crippen LogP contribution is 2.29. The van der Waals surface area contributed by atoms with Crippen molar-refractivity contribution in [3.8, 4) is 22.4 Å². The fourth-order valence-electron chi connectivity index (χ4n) is 2.83. The molecule has 2 aromatic carbocycles. The van der Waals surface area contributed by atoms with Gasteiger partial charge in [0.05, 0.1) is 0 Å². The smallest absolute Gasteiger partial charge is 0.139 e. The molecule has 112 valence electrons. The summed E-state index contributed by atoms with van der Waals surface area (Å²) in [6, 6.07) is 22.7. The van der Waals surface area contributed by atoms with Crippen molar-refractivity contribution in [1.82, 2.24) is 9.38 Å². The molecule has 2 N–H and O–H groups in total. The second-order valence-electron chi connectivity index (χ2n) is 5.72. The van der Waals surface area contributed by atoms with Crippen LogP contribution in [0.25, 0.3) is 28.0 Å². The highest BCUT2D eigenvalue weighted by atomic mass is 15.1. The Morgan fingerprint density at radius 1 is 0.783 bits per heavy atom. The lowest BCUT2D eigenvalue weighted by molar-refractivity contribution is 1.16. The van der Waals surface area contributed by atoms with E-state index in [1.165, 1.54) is 11.1 Å². The van der Waals surface area contributed by atoms with Crippen LogP contribution in [0, 0.1) is 6.92 Å². The zero-order valence-corrected chi connectivity index (χ0v) is 12.9. The molecule has 0 amide bonds. The van der Waals surface area contributed by atoms with Crippen molar-refractivity contribution < 1.29 is 0 Å². The second kappa shape index (κ2) is 5.29. The molecule has 4 aromatic rings. The van der Waals surface area contributed by atoms with Gasteiger partial charge in [0.25, 0.3) is 0 Å². The highest BCUT2D eigenvalue weighted by Gasteiger charge is 2.11. The zero-order chi connectivity index (χ0) is 15.8. The lowest BCUT2D eigenvalue weighted by Crippen LogP contribution is -1.94. The molecule has 3 heteroatoms.